The molecule has 5 nitrogen and oxygen atoms in total. The van der Waals surface area contributed by atoms with E-state index >= 15 is 0 Å². The number of amides is 1. The summed E-state index contributed by atoms with van der Waals surface area (Å²) >= 11 is 7.75. The minimum absolute atomic E-state index is 0.124. The predicted molar refractivity (Wildman–Crippen MR) is 130 cm³/mol. The maximum atomic E-state index is 12.7. The summed E-state index contributed by atoms with van der Waals surface area (Å²) in [5, 5.41) is 1.02. The molecule has 31 heavy (non-hydrogen) atoms. The Morgan fingerprint density at radius 2 is 1.84 bits per heavy atom. The summed E-state index contributed by atoms with van der Waals surface area (Å²) in [6.45, 7) is 12.8. The lowest BCUT2D eigenvalue weighted by molar-refractivity contribution is 0.0697. The van der Waals surface area contributed by atoms with E-state index in [4.69, 9.17) is 11.6 Å². The highest BCUT2D eigenvalue weighted by molar-refractivity contribution is 7.98. The highest BCUT2D eigenvalue weighted by atomic mass is 35.5. The molecule has 1 aromatic heterocycles. The number of carbonyl (C=O) groups excluding carboxylic acids is 1. The molecule has 1 aliphatic heterocycles. The highest BCUT2D eigenvalue weighted by Gasteiger charge is 2.21. The summed E-state index contributed by atoms with van der Waals surface area (Å²) in [4.78, 5) is 25.7. The number of thioether (sulfide) groups is 1. The first-order chi connectivity index (χ1) is 15.0. The van der Waals surface area contributed by atoms with E-state index in [9.17, 15) is 4.79 Å². The van der Waals surface area contributed by atoms with Gasteiger partial charge in [-0.05, 0) is 36.5 Å². The number of carbonyl (C=O) groups is 1. The van der Waals surface area contributed by atoms with Crippen LogP contribution >= 0.6 is 23.4 Å². The molecule has 7 heteroatoms. The van der Waals surface area contributed by atoms with Crippen LogP contribution in [0.2, 0.25) is 5.15 Å². The number of aromatic nitrogens is 2. The molecule has 2 aromatic rings. The maximum absolute atomic E-state index is 12.7. The van der Waals surface area contributed by atoms with Crippen molar-refractivity contribution in [1.82, 2.24) is 14.9 Å². The Morgan fingerprint density at radius 3 is 2.45 bits per heavy atom. The Labute approximate surface area is 194 Å². The lowest BCUT2D eigenvalue weighted by Crippen LogP contribution is -2.37. The number of benzene rings is 1. The summed E-state index contributed by atoms with van der Waals surface area (Å²) in [5.41, 5.74) is 1.85. The van der Waals surface area contributed by atoms with Gasteiger partial charge in [0.1, 0.15) is 11.0 Å². The van der Waals surface area contributed by atoms with Crippen molar-refractivity contribution in [1.29, 1.82) is 0 Å². The van der Waals surface area contributed by atoms with Gasteiger partial charge in [-0.15, -0.1) is 13.2 Å². The van der Waals surface area contributed by atoms with E-state index in [2.05, 4.69) is 30.0 Å². The van der Waals surface area contributed by atoms with Crippen LogP contribution in [0.15, 0.2) is 60.8 Å². The third kappa shape index (κ3) is 6.58. The van der Waals surface area contributed by atoms with Crippen molar-refractivity contribution in [3.8, 4) is 0 Å². The van der Waals surface area contributed by atoms with Crippen molar-refractivity contribution in [3.63, 3.8) is 0 Å². The third-order valence-corrected chi connectivity index (χ3v) is 6.44. The van der Waals surface area contributed by atoms with Gasteiger partial charge in [0.2, 0.25) is 0 Å². The van der Waals surface area contributed by atoms with E-state index in [-0.39, 0.29) is 5.91 Å². The zero-order valence-corrected chi connectivity index (χ0v) is 19.5. The van der Waals surface area contributed by atoms with Crippen LogP contribution in [0.5, 0.6) is 0 Å². The number of hydrogen-bond acceptors (Lipinski definition) is 5. The number of hydrogen-bond donors (Lipinski definition) is 0. The van der Waals surface area contributed by atoms with Crippen molar-refractivity contribution in [3.05, 3.63) is 71.9 Å². The number of piperidine rings is 1. The fourth-order valence-corrected chi connectivity index (χ4v) is 4.51. The molecule has 0 bridgehead atoms. The van der Waals surface area contributed by atoms with Gasteiger partial charge in [0, 0.05) is 43.6 Å². The minimum Gasteiger partial charge on any atom is -0.349 e. The van der Waals surface area contributed by atoms with Crippen molar-refractivity contribution in [2.75, 3.05) is 31.1 Å². The largest absolute Gasteiger partial charge is 0.349 e. The Bertz CT molecular complexity index is 900. The van der Waals surface area contributed by atoms with Crippen LogP contribution in [-0.2, 0) is 5.75 Å². The van der Waals surface area contributed by atoms with Gasteiger partial charge in [-0.1, -0.05) is 54.6 Å². The molecule has 0 unspecified atom stereocenters. The molecule has 0 saturated carbocycles. The Kier molecular flexibility index (Phi) is 8.55. The second kappa shape index (κ2) is 11.3. The first-order valence-electron chi connectivity index (χ1n) is 10.5. The van der Waals surface area contributed by atoms with Crippen LogP contribution in [0.25, 0.3) is 0 Å². The number of likely N-dealkylation sites (tertiary alicyclic amines) is 1. The Balaban J connectivity index is 1.63. The molecule has 2 heterocycles. The number of halogens is 1. The first kappa shape index (κ1) is 23.4. The van der Waals surface area contributed by atoms with Crippen molar-refractivity contribution in [2.24, 2.45) is 5.92 Å². The summed E-state index contributed by atoms with van der Waals surface area (Å²) in [6.07, 6.45) is 5.80. The molecule has 0 spiro atoms. The molecular formula is C24H29ClN4OS. The smallest absolute Gasteiger partial charge is 0.253 e. The molecule has 0 N–H and O–H groups in total. The van der Waals surface area contributed by atoms with E-state index in [1.165, 1.54) is 11.8 Å². The highest BCUT2D eigenvalue weighted by Crippen LogP contribution is 2.25. The molecule has 164 valence electrons. The minimum atomic E-state index is 0.124. The summed E-state index contributed by atoms with van der Waals surface area (Å²) in [6, 6.07) is 9.58. The predicted octanol–water partition coefficient (Wildman–Crippen LogP) is 5.47. The molecule has 1 saturated heterocycles. The molecule has 0 radical (unpaired) electrons. The van der Waals surface area contributed by atoms with Crippen molar-refractivity contribution >= 4 is 35.1 Å². The second-order valence-electron chi connectivity index (χ2n) is 7.77. The third-order valence-electron chi connectivity index (χ3n) is 5.32. The summed E-state index contributed by atoms with van der Waals surface area (Å²) < 4.78 is 0. The topological polar surface area (TPSA) is 49.3 Å². The molecule has 1 aliphatic rings. The molecule has 3 rings (SSSR count). The maximum Gasteiger partial charge on any atom is 0.253 e. The van der Waals surface area contributed by atoms with Crippen LogP contribution in [-0.4, -0.2) is 47.0 Å². The van der Waals surface area contributed by atoms with Crippen molar-refractivity contribution < 1.29 is 4.79 Å². The van der Waals surface area contributed by atoms with Crippen LogP contribution in [0.3, 0.4) is 0 Å². The van der Waals surface area contributed by atoms with Crippen LogP contribution < -0.4 is 4.90 Å². The fraction of sp³-hybridized carbons (Fsp3) is 0.375. The van der Waals surface area contributed by atoms with Gasteiger partial charge in [0.05, 0.1) is 0 Å². The molecule has 1 amide bonds. The molecular weight excluding hydrogens is 428 g/mol. The molecule has 1 aromatic carbocycles. The van der Waals surface area contributed by atoms with Gasteiger partial charge in [-0.25, -0.2) is 9.97 Å². The standard InChI is InChI=1S/C24H29ClN4OS/c1-4-12-28(13-5-2)22-16-21(25)26-24(27-22)31-17-19-6-8-20(9-7-19)23(30)29-14-10-18(3)11-15-29/h4-9,16,18H,1-2,10-15,17H2,3H3. The molecule has 1 fully saturated rings. The SMILES string of the molecule is C=CCN(CC=C)c1cc(Cl)nc(SCc2ccc(C(=O)N3CCC(C)CC3)cc2)n1. The lowest BCUT2D eigenvalue weighted by Gasteiger charge is -2.30. The van der Waals surface area contributed by atoms with E-state index in [1.807, 2.05) is 46.2 Å². The van der Waals surface area contributed by atoms with Gasteiger partial charge in [-0.3, -0.25) is 4.79 Å². The van der Waals surface area contributed by atoms with E-state index in [0.29, 0.717) is 35.1 Å². The van der Waals surface area contributed by atoms with Gasteiger partial charge in [0.25, 0.3) is 5.91 Å². The fourth-order valence-electron chi connectivity index (χ4n) is 3.47. The van der Waals surface area contributed by atoms with Crippen LogP contribution in [0.1, 0.15) is 35.7 Å². The van der Waals surface area contributed by atoms with Crippen LogP contribution in [0.4, 0.5) is 5.82 Å². The summed E-state index contributed by atoms with van der Waals surface area (Å²) in [7, 11) is 0. The van der Waals surface area contributed by atoms with Gasteiger partial charge in [-0.2, -0.15) is 0 Å². The second-order valence-corrected chi connectivity index (χ2v) is 9.10. The molecule has 0 aliphatic carbocycles. The van der Waals surface area contributed by atoms with Gasteiger partial charge < -0.3 is 9.80 Å². The zero-order valence-electron chi connectivity index (χ0n) is 18.0. The number of anilines is 1. The normalized spacial score (nSPS) is 14.3. The average Bonchev–Trinajstić information content (AvgIpc) is 2.77. The van der Waals surface area contributed by atoms with Gasteiger partial charge >= 0.3 is 0 Å². The Morgan fingerprint density at radius 1 is 1.19 bits per heavy atom. The number of rotatable bonds is 9. The average molecular weight is 457 g/mol. The van der Waals surface area contributed by atoms with E-state index < -0.39 is 0 Å². The Hall–Kier alpha value is -2.31. The van der Waals surface area contributed by atoms with E-state index in [0.717, 1.165) is 42.9 Å². The lowest BCUT2D eigenvalue weighted by atomic mass is 9.98. The number of nitrogens with zero attached hydrogens (tertiary/aromatic N) is 4. The van der Waals surface area contributed by atoms with Crippen LogP contribution in [0, 0.1) is 5.92 Å². The van der Waals surface area contributed by atoms with Gasteiger partial charge in [0.15, 0.2) is 5.16 Å². The molecule has 0 atom stereocenters. The first-order valence-corrected chi connectivity index (χ1v) is 11.9. The van der Waals surface area contributed by atoms with E-state index in [1.54, 1.807) is 6.07 Å². The van der Waals surface area contributed by atoms with Crippen molar-refractivity contribution in [2.45, 2.75) is 30.7 Å². The monoisotopic (exact) mass is 456 g/mol. The summed E-state index contributed by atoms with van der Waals surface area (Å²) in [5.74, 6) is 2.27. The zero-order chi connectivity index (χ0) is 22.2. The quantitative estimate of drug-likeness (QED) is 0.216.